The molecule has 0 aliphatic carbocycles. The van der Waals surface area contributed by atoms with Crippen LogP contribution in [-0.2, 0) is 0 Å². The third-order valence-electron chi connectivity index (χ3n) is 2.83. The zero-order valence-electron chi connectivity index (χ0n) is 11.5. The fraction of sp³-hybridized carbons (Fsp3) is 0.500. The Morgan fingerprint density at radius 3 is 2.42 bits per heavy atom. The van der Waals surface area contributed by atoms with Crippen molar-refractivity contribution in [1.29, 1.82) is 0 Å². The highest BCUT2D eigenvalue weighted by Gasteiger charge is 2.12. The van der Waals surface area contributed by atoms with Gasteiger partial charge in [-0.2, -0.15) is 0 Å². The second-order valence-corrected chi connectivity index (χ2v) is 4.64. The molecule has 0 saturated heterocycles. The number of aliphatic hydroxyl groups is 2. The number of carbonyl (C=O) groups excluding carboxylic acids is 1. The van der Waals surface area contributed by atoms with Crippen LogP contribution in [0.1, 0.15) is 25.3 Å². The summed E-state index contributed by atoms with van der Waals surface area (Å²) in [5.74, 6) is 0.392. The number of nitrogens with zero attached hydrogens (tertiary/aromatic N) is 1. The molecule has 5 nitrogen and oxygen atoms in total. The van der Waals surface area contributed by atoms with Gasteiger partial charge in [0.15, 0.2) is 0 Å². The molecule has 0 atom stereocenters. The number of amides is 2. The van der Waals surface area contributed by atoms with Crippen LogP contribution < -0.4 is 5.32 Å². The number of hydrogen-bond donors (Lipinski definition) is 3. The van der Waals surface area contributed by atoms with Gasteiger partial charge in [-0.15, -0.1) is 0 Å². The third-order valence-corrected chi connectivity index (χ3v) is 2.83. The molecule has 1 aromatic rings. The maximum Gasteiger partial charge on any atom is 0.321 e. The van der Waals surface area contributed by atoms with Crippen molar-refractivity contribution in [3.63, 3.8) is 0 Å². The van der Waals surface area contributed by atoms with Gasteiger partial charge in [-0.05, 0) is 23.6 Å². The van der Waals surface area contributed by atoms with E-state index in [1.54, 1.807) is 0 Å². The van der Waals surface area contributed by atoms with Gasteiger partial charge in [-0.1, -0.05) is 26.0 Å². The van der Waals surface area contributed by atoms with Crippen molar-refractivity contribution in [3.8, 4) is 0 Å². The minimum Gasteiger partial charge on any atom is -0.395 e. The first-order valence-corrected chi connectivity index (χ1v) is 6.46. The first-order valence-electron chi connectivity index (χ1n) is 6.46. The zero-order valence-corrected chi connectivity index (χ0v) is 11.5. The summed E-state index contributed by atoms with van der Waals surface area (Å²) in [5.41, 5.74) is 1.87. The highest BCUT2D eigenvalue weighted by Crippen LogP contribution is 2.18. The second kappa shape index (κ2) is 7.76. The molecule has 0 bridgehead atoms. The molecule has 0 aliphatic rings. The van der Waals surface area contributed by atoms with E-state index in [-0.39, 0.29) is 32.3 Å². The molecule has 1 aromatic carbocycles. The van der Waals surface area contributed by atoms with Crippen molar-refractivity contribution >= 4 is 11.7 Å². The molecule has 0 unspecified atom stereocenters. The summed E-state index contributed by atoms with van der Waals surface area (Å²) in [4.78, 5) is 13.3. The van der Waals surface area contributed by atoms with E-state index in [0.717, 1.165) is 11.3 Å². The summed E-state index contributed by atoms with van der Waals surface area (Å²) < 4.78 is 0. The summed E-state index contributed by atoms with van der Waals surface area (Å²) in [6.45, 7) is 4.33. The molecule has 3 N–H and O–H groups in total. The van der Waals surface area contributed by atoms with Gasteiger partial charge in [0.05, 0.1) is 13.2 Å². The third kappa shape index (κ3) is 4.89. The van der Waals surface area contributed by atoms with Gasteiger partial charge in [-0.3, -0.25) is 0 Å². The average Bonchev–Trinajstić information content (AvgIpc) is 2.38. The number of urea groups is 1. The van der Waals surface area contributed by atoms with Gasteiger partial charge >= 0.3 is 6.03 Å². The van der Waals surface area contributed by atoms with Crippen molar-refractivity contribution in [2.75, 3.05) is 31.6 Å². The number of carbonyl (C=O) groups is 1. The molecule has 5 heteroatoms. The largest absolute Gasteiger partial charge is 0.395 e. The number of rotatable bonds is 6. The van der Waals surface area contributed by atoms with Crippen molar-refractivity contribution < 1.29 is 15.0 Å². The molecule has 0 aliphatic heterocycles. The molecule has 0 fully saturated rings. The topological polar surface area (TPSA) is 72.8 Å². The van der Waals surface area contributed by atoms with E-state index in [1.165, 1.54) is 4.90 Å². The van der Waals surface area contributed by atoms with Crippen LogP contribution in [0.2, 0.25) is 0 Å². The molecule has 106 valence electrons. The summed E-state index contributed by atoms with van der Waals surface area (Å²) in [5, 5.41) is 20.6. The number of aliphatic hydroxyl groups excluding tert-OH is 2. The van der Waals surface area contributed by atoms with Crippen LogP contribution in [0.25, 0.3) is 0 Å². The lowest BCUT2D eigenvalue weighted by atomic mass is 10.0. The van der Waals surface area contributed by atoms with Gasteiger partial charge in [0.2, 0.25) is 0 Å². The minimum atomic E-state index is -0.316. The van der Waals surface area contributed by atoms with Gasteiger partial charge in [-0.25, -0.2) is 4.79 Å². The highest BCUT2D eigenvalue weighted by atomic mass is 16.3. The van der Waals surface area contributed by atoms with Crippen molar-refractivity contribution in [1.82, 2.24) is 4.90 Å². The lowest BCUT2D eigenvalue weighted by molar-refractivity contribution is 0.167. The number of hydrogen-bond acceptors (Lipinski definition) is 3. The van der Waals surface area contributed by atoms with E-state index >= 15 is 0 Å². The van der Waals surface area contributed by atoms with Gasteiger partial charge in [0.1, 0.15) is 0 Å². The van der Waals surface area contributed by atoms with Crippen LogP contribution in [0.4, 0.5) is 10.5 Å². The first-order chi connectivity index (χ1) is 9.08. The first kappa shape index (κ1) is 15.5. The molecule has 2 amide bonds. The molecule has 0 saturated carbocycles. The normalized spacial score (nSPS) is 10.6. The molecular weight excluding hydrogens is 244 g/mol. The second-order valence-electron chi connectivity index (χ2n) is 4.64. The zero-order chi connectivity index (χ0) is 14.3. The Hall–Kier alpha value is -1.59. The lowest BCUT2D eigenvalue weighted by Gasteiger charge is -2.21. The van der Waals surface area contributed by atoms with Crippen molar-refractivity contribution in [2.24, 2.45) is 0 Å². The van der Waals surface area contributed by atoms with E-state index in [1.807, 2.05) is 24.3 Å². The molecule has 0 spiro atoms. The fourth-order valence-corrected chi connectivity index (χ4v) is 1.73. The van der Waals surface area contributed by atoms with Gasteiger partial charge in [0.25, 0.3) is 0 Å². The smallest absolute Gasteiger partial charge is 0.321 e. The Morgan fingerprint density at radius 1 is 1.26 bits per heavy atom. The number of anilines is 1. The van der Waals surface area contributed by atoms with E-state index in [2.05, 4.69) is 19.2 Å². The van der Waals surface area contributed by atoms with Crippen LogP contribution in [0, 0.1) is 0 Å². The summed E-state index contributed by atoms with van der Waals surface area (Å²) in [6.07, 6.45) is 0. The lowest BCUT2D eigenvalue weighted by Crippen LogP contribution is -2.38. The van der Waals surface area contributed by atoms with Crippen molar-refractivity contribution in [2.45, 2.75) is 19.8 Å². The molecule has 0 heterocycles. The Morgan fingerprint density at radius 2 is 1.89 bits per heavy atom. The summed E-state index contributed by atoms with van der Waals surface area (Å²) in [6, 6.07) is 7.34. The maximum atomic E-state index is 12.0. The van der Waals surface area contributed by atoms with Crippen LogP contribution in [-0.4, -0.2) is 47.4 Å². The molecular formula is C14H22N2O3. The Balaban J connectivity index is 2.71. The van der Waals surface area contributed by atoms with Crippen LogP contribution >= 0.6 is 0 Å². The van der Waals surface area contributed by atoms with Gasteiger partial charge < -0.3 is 20.4 Å². The molecule has 0 aromatic heterocycles. The molecule has 19 heavy (non-hydrogen) atoms. The Bertz CT molecular complexity index is 401. The van der Waals surface area contributed by atoms with Crippen LogP contribution in [0.5, 0.6) is 0 Å². The highest BCUT2D eigenvalue weighted by molar-refractivity contribution is 5.89. The number of nitrogens with one attached hydrogen (secondary N) is 1. The molecule has 1 rings (SSSR count). The predicted molar refractivity (Wildman–Crippen MR) is 75.3 cm³/mol. The van der Waals surface area contributed by atoms with Crippen LogP contribution in [0.3, 0.4) is 0 Å². The maximum absolute atomic E-state index is 12.0. The molecule has 0 radical (unpaired) electrons. The average molecular weight is 266 g/mol. The minimum absolute atomic E-state index is 0.126. The van der Waals surface area contributed by atoms with Gasteiger partial charge in [0, 0.05) is 18.8 Å². The quantitative estimate of drug-likeness (QED) is 0.732. The SMILES string of the molecule is CC(C)c1cccc(NC(=O)N(CCO)CCO)c1. The standard InChI is InChI=1S/C14H22N2O3/c1-11(2)12-4-3-5-13(10-12)15-14(19)16(6-8-17)7-9-18/h3-5,10-11,17-18H,6-9H2,1-2H3,(H,15,19). The van der Waals surface area contributed by atoms with Crippen LogP contribution in [0.15, 0.2) is 24.3 Å². The van der Waals surface area contributed by atoms with E-state index < -0.39 is 0 Å². The van der Waals surface area contributed by atoms with Crippen molar-refractivity contribution in [3.05, 3.63) is 29.8 Å². The van der Waals surface area contributed by atoms with E-state index in [9.17, 15) is 4.79 Å². The summed E-state index contributed by atoms with van der Waals surface area (Å²) in [7, 11) is 0. The van der Waals surface area contributed by atoms with E-state index in [0.29, 0.717) is 5.92 Å². The number of benzene rings is 1. The predicted octanol–water partition coefficient (Wildman–Crippen LogP) is 1.63. The Kier molecular flexibility index (Phi) is 6.32. The monoisotopic (exact) mass is 266 g/mol. The van der Waals surface area contributed by atoms with E-state index in [4.69, 9.17) is 10.2 Å². The Labute approximate surface area is 113 Å². The fourth-order valence-electron chi connectivity index (χ4n) is 1.73. The summed E-state index contributed by atoms with van der Waals surface area (Å²) >= 11 is 0.